The number of aliphatic hydroxyl groups excluding tert-OH is 1. The third-order valence-electron chi connectivity index (χ3n) is 2.11. The second kappa shape index (κ2) is 4.70. The van der Waals surface area contributed by atoms with Crippen molar-refractivity contribution in [3.63, 3.8) is 0 Å². The molecule has 0 spiro atoms. The van der Waals surface area contributed by atoms with Crippen LogP contribution >= 0.6 is 0 Å². The van der Waals surface area contributed by atoms with Gasteiger partial charge in [-0.2, -0.15) is 5.10 Å². The van der Waals surface area contributed by atoms with E-state index in [2.05, 4.69) is 10.1 Å². The maximum Gasteiger partial charge on any atom is 0.181 e. The fraction of sp³-hybridized carbons (Fsp3) is 0.273. The van der Waals surface area contributed by atoms with E-state index in [1.54, 1.807) is 11.0 Å². The number of nitrogens with zero attached hydrogens (tertiary/aromatic N) is 3. The molecule has 4 nitrogen and oxygen atoms in total. The molecule has 0 saturated heterocycles. The number of aryl methyl sites for hydroxylation is 1. The van der Waals surface area contributed by atoms with Gasteiger partial charge in [0, 0.05) is 18.7 Å². The molecule has 1 heterocycles. The van der Waals surface area contributed by atoms with E-state index in [1.807, 2.05) is 30.3 Å². The Labute approximate surface area is 88.2 Å². The van der Waals surface area contributed by atoms with Crippen molar-refractivity contribution in [3.8, 4) is 11.4 Å². The van der Waals surface area contributed by atoms with Crippen LogP contribution in [-0.4, -0.2) is 26.5 Å². The average Bonchev–Trinajstić information content (AvgIpc) is 2.76. The number of aliphatic hydroxyl groups is 1. The maximum atomic E-state index is 8.69. The molecule has 15 heavy (non-hydrogen) atoms. The summed E-state index contributed by atoms with van der Waals surface area (Å²) in [6.07, 6.45) is 2.40. The van der Waals surface area contributed by atoms with Crippen LogP contribution < -0.4 is 0 Å². The zero-order valence-electron chi connectivity index (χ0n) is 8.37. The van der Waals surface area contributed by atoms with Crippen LogP contribution in [0.1, 0.15) is 6.42 Å². The Hall–Kier alpha value is -1.68. The van der Waals surface area contributed by atoms with Gasteiger partial charge in [0.25, 0.3) is 0 Å². The fourth-order valence-electron chi connectivity index (χ4n) is 1.35. The molecule has 2 aromatic rings. The van der Waals surface area contributed by atoms with Crippen LogP contribution in [0.15, 0.2) is 36.7 Å². The first-order chi connectivity index (χ1) is 7.40. The maximum absolute atomic E-state index is 8.69. The van der Waals surface area contributed by atoms with Crippen molar-refractivity contribution < 1.29 is 5.11 Å². The van der Waals surface area contributed by atoms with Crippen molar-refractivity contribution >= 4 is 0 Å². The number of aromatic nitrogens is 3. The lowest BCUT2D eigenvalue weighted by atomic mass is 10.2. The Morgan fingerprint density at radius 2 is 2.00 bits per heavy atom. The lowest BCUT2D eigenvalue weighted by Crippen LogP contribution is -2.00. The Balaban J connectivity index is 2.14. The lowest BCUT2D eigenvalue weighted by Gasteiger charge is -1.96. The van der Waals surface area contributed by atoms with Crippen molar-refractivity contribution in [1.29, 1.82) is 0 Å². The van der Waals surface area contributed by atoms with Gasteiger partial charge >= 0.3 is 0 Å². The van der Waals surface area contributed by atoms with Crippen LogP contribution in [-0.2, 0) is 6.54 Å². The van der Waals surface area contributed by atoms with Gasteiger partial charge in [0.2, 0.25) is 0 Å². The van der Waals surface area contributed by atoms with Crippen molar-refractivity contribution in [3.05, 3.63) is 36.7 Å². The highest BCUT2D eigenvalue weighted by atomic mass is 16.3. The summed E-state index contributed by atoms with van der Waals surface area (Å²) in [5.74, 6) is 0.730. The van der Waals surface area contributed by atoms with E-state index in [-0.39, 0.29) is 6.61 Å². The third kappa shape index (κ3) is 2.41. The fourth-order valence-corrected chi connectivity index (χ4v) is 1.35. The van der Waals surface area contributed by atoms with Gasteiger partial charge in [-0.05, 0) is 6.42 Å². The Bertz CT molecular complexity index is 411. The highest BCUT2D eigenvalue weighted by Crippen LogP contribution is 2.12. The topological polar surface area (TPSA) is 50.9 Å². The minimum absolute atomic E-state index is 0.181. The number of benzene rings is 1. The minimum Gasteiger partial charge on any atom is -0.396 e. The monoisotopic (exact) mass is 203 g/mol. The van der Waals surface area contributed by atoms with Gasteiger partial charge in [-0.15, -0.1) is 0 Å². The molecule has 2 rings (SSSR count). The van der Waals surface area contributed by atoms with Crippen LogP contribution in [0.3, 0.4) is 0 Å². The molecule has 78 valence electrons. The molecule has 0 bridgehead atoms. The van der Waals surface area contributed by atoms with Crippen molar-refractivity contribution in [2.75, 3.05) is 6.61 Å². The molecule has 0 radical (unpaired) electrons. The second-order valence-corrected chi connectivity index (χ2v) is 3.27. The van der Waals surface area contributed by atoms with Gasteiger partial charge < -0.3 is 5.11 Å². The Morgan fingerprint density at radius 1 is 1.20 bits per heavy atom. The average molecular weight is 203 g/mol. The van der Waals surface area contributed by atoms with E-state index in [0.29, 0.717) is 13.0 Å². The molecule has 0 aliphatic rings. The lowest BCUT2D eigenvalue weighted by molar-refractivity contribution is 0.277. The summed E-state index contributed by atoms with van der Waals surface area (Å²) >= 11 is 0. The van der Waals surface area contributed by atoms with Crippen LogP contribution in [0.2, 0.25) is 0 Å². The standard InChI is InChI=1S/C11H13N3O/c15-8-4-7-14-9-12-11(13-14)10-5-2-1-3-6-10/h1-3,5-6,9,15H,4,7-8H2. The normalized spacial score (nSPS) is 10.5. The van der Waals surface area contributed by atoms with E-state index >= 15 is 0 Å². The SMILES string of the molecule is OCCCn1cnc(-c2ccccc2)n1. The van der Waals surface area contributed by atoms with Crippen molar-refractivity contribution in [2.45, 2.75) is 13.0 Å². The molecular formula is C11H13N3O. The summed E-state index contributed by atoms with van der Waals surface area (Å²) in [7, 11) is 0. The van der Waals surface area contributed by atoms with Crippen LogP contribution in [0, 0.1) is 0 Å². The number of hydrogen-bond acceptors (Lipinski definition) is 3. The van der Waals surface area contributed by atoms with Crippen LogP contribution in [0.25, 0.3) is 11.4 Å². The minimum atomic E-state index is 0.181. The highest BCUT2D eigenvalue weighted by molar-refractivity contribution is 5.53. The molecule has 0 saturated carbocycles. The summed E-state index contributed by atoms with van der Waals surface area (Å²) in [5, 5.41) is 13.0. The molecule has 0 amide bonds. The smallest absolute Gasteiger partial charge is 0.181 e. The molecule has 0 fully saturated rings. The zero-order chi connectivity index (χ0) is 10.5. The summed E-state index contributed by atoms with van der Waals surface area (Å²) in [5.41, 5.74) is 1.01. The quantitative estimate of drug-likeness (QED) is 0.815. The van der Waals surface area contributed by atoms with E-state index in [0.717, 1.165) is 11.4 Å². The highest BCUT2D eigenvalue weighted by Gasteiger charge is 2.02. The second-order valence-electron chi connectivity index (χ2n) is 3.27. The van der Waals surface area contributed by atoms with E-state index in [1.165, 1.54) is 0 Å². The molecule has 0 unspecified atom stereocenters. The molecule has 0 aliphatic heterocycles. The molecule has 4 heteroatoms. The van der Waals surface area contributed by atoms with Gasteiger partial charge in [0.1, 0.15) is 6.33 Å². The molecule has 1 aromatic carbocycles. The molecule has 0 atom stereocenters. The molecule has 1 aromatic heterocycles. The molecular weight excluding hydrogens is 190 g/mol. The van der Waals surface area contributed by atoms with Gasteiger partial charge in [-0.1, -0.05) is 30.3 Å². The first-order valence-electron chi connectivity index (χ1n) is 4.96. The number of rotatable bonds is 4. The Kier molecular flexibility index (Phi) is 3.09. The number of hydrogen-bond donors (Lipinski definition) is 1. The summed E-state index contributed by atoms with van der Waals surface area (Å²) in [4.78, 5) is 4.21. The first-order valence-corrected chi connectivity index (χ1v) is 4.96. The molecule has 1 N–H and O–H groups in total. The predicted molar refractivity (Wildman–Crippen MR) is 57.2 cm³/mol. The largest absolute Gasteiger partial charge is 0.396 e. The summed E-state index contributed by atoms with van der Waals surface area (Å²) in [6, 6.07) is 9.84. The summed E-state index contributed by atoms with van der Waals surface area (Å²) in [6.45, 7) is 0.886. The Morgan fingerprint density at radius 3 is 2.73 bits per heavy atom. The zero-order valence-corrected chi connectivity index (χ0v) is 8.37. The van der Waals surface area contributed by atoms with Gasteiger partial charge in [-0.3, -0.25) is 4.68 Å². The van der Waals surface area contributed by atoms with Crippen molar-refractivity contribution in [1.82, 2.24) is 14.8 Å². The predicted octanol–water partition coefficient (Wildman–Crippen LogP) is 1.33. The van der Waals surface area contributed by atoms with Crippen molar-refractivity contribution in [2.24, 2.45) is 0 Å². The molecule has 0 aliphatic carbocycles. The van der Waals surface area contributed by atoms with E-state index < -0.39 is 0 Å². The third-order valence-corrected chi connectivity index (χ3v) is 2.11. The van der Waals surface area contributed by atoms with E-state index in [9.17, 15) is 0 Å². The summed E-state index contributed by atoms with van der Waals surface area (Å²) < 4.78 is 1.75. The van der Waals surface area contributed by atoms with Crippen LogP contribution in [0.5, 0.6) is 0 Å². The first kappa shape index (κ1) is 9.86. The van der Waals surface area contributed by atoms with Gasteiger partial charge in [-0.25, -0.2) is 4.98 Å². The van der Waals surface area contributed by atoms with Gasteiger partial charge in [0.15, 0.2) is 5.82 Å². The van der Waals surface area contributed by atoms with E-state index in [4.69, 9.17) is 5.11 Å². The van der Waals surface area contributed by atoms with Crippen LogP contribution in [0.4, 0.5) is 0 Å². The van der Waals surface area contributed by atoms with Gasteiger partial charge in [0.05, 0.1) is 0 Å².